The quantitative estimate of drug-likeness (QED) is 0.749. The van der Waals surface area contributed by atoms with Crippen molar-refractivity contribution in [2.24, 2.45) is 0 Å². The zero-order valence-corrected chi connectivity index (χ0v) is 13.8. The van der Waals surface area contributed by atoms with Crippen LogP contribution >= 0.6 is 11.6 Å². The second-order valence-electron chi connectivity index (χ2n) is 5.10. The van der Waals surface area contributed by atoms with Crippen LogP contribution in [0, 0.1) is 13.8 Å². The molecule has 2 aromatic heterocycles. The van der Waals surface area contributed by atoms with Crippen molar-refractivity contribution in [1.29, 1.82) is 0 Å². The molecule has 24 heavy (non-hydrogen) atoms. The molecule has 2 heterocycles. The number of anilines is 3. The van der Waals surface area contributed by atoms with Gasteiger partial charge in [-0.05, 0) is 31.5 Å². The van der Waals surface area contributed by atoms with Crippen LogP contribution in [0.4, 0.5) is 17.3 Å². The predicted molar refractivity (Wildman–Crippen MR) is 90.7 cm³/mol. The third-order valence-corrected chi connectivity index (χ3v) is 3.71. The van der Waals surface area contributed by atoms with Gasteiger partial charge < -0.3 is 15.2 Å². The van der Waals surface area contributed by atoms with E-state index in [1.165, 1.54) is 6.33 Å². The van der Waals surface area contributed by atoms with Crippen LogP contribution < -0.4 is 10.6 Å². The van der Waals surface area contributed by atoms with Crippen LogP contribution in [-0.2, 0) is 0 Å². The van der Waals surface area contributed by atoms with Crippen molar-refractivity contribution in [2.75, 3.05) is 10.6 Å². The molecule has 1 aromatic carbocycles. The zero-order chi connectivity index (χ0) is 17.1. The molecule has 0 unspecified atom stereocenters. The SMILES string of the molecule is Cc1cc(NC(=O)c2cc(Nc3cccc(Cl)c3C)ncn2)no1. The Morgan fingerprint density at radius 1 is 1.17 bits per heavy atom. The van der Waals surface area contributed by atoms with Crippen molar-refractivity contribution in [2.45, 2.75) is 13.8 Å². The fourth-order valence-corrected chi connectivity index (χ4v) is 2.21. The van der Waals surface area contributed by atoms with Crippen LogP contribution in [0.1, 0.15) is 21.8 Å². The van der Waals surface area contributed by atoms with E-state index in [0.717, 1.165) is 11.3 Å². The maximum absolute atomic E-state index is 12.2. The Labute approximate surface area is 143 Å². The van der Waals surface area contributed by atoms with Crippen molar-refractivity contribution >= 4 is 34.8 Å². The minimum Gasteiger partial charge on any atom is -0.360 e. The Hall–Kier alpha value is -2.93. The maximum atomic E-state index is 12.2. The van der Waals surface area contributed by atoms with E-state index in [-0.39, 0.29) is 5.69 Å². The van der Waals surface area contributed by atoms with E-state index in [9.17, 15) is 4.79 Å². The minimum atomic E-state index is -0.406. The summed E-state index contributed by atoms with van der Waals surface area (Å²) in [4.78, 5) is 20.3. The van der Waals surface area contributed by atoms with Crippen molar-refractivity contribution in [3.8, 4) is 0 Å². The minimum absolute atomic E-state index is 0.202. The number of carbonyl (C=O) groups excluding carboxylic acids is 1. The van der Waals surface area contributed by atoms with Gasteiger partial charge in [-0.1, -0.05) is 22.8 Å². The van der Waals surface area contributed by atoms with E-state index in [4.69, 9.17) is 16.1 Å². The number of carbonyl (C=O) groups is 1. The van der Waals surface area contributed by atoms with Gasteiger partial charge in [0.15, 0.2) is 5.82 Å². The van der Waals surface area contributed by atoms with Crippen LogP contribution in [-0.4, -0.2) is 21.0 Å². The van der Waals surface area contributed by atoms with Gasteiger partial charge in [0.2, 0.25) is 0 Å². The van der Waals surface area contributed by atoms with Crippen molar-refractivity contribution < 1.29 is 9.32 Å². The number of nitrogens with zero attached hydrogens (tertiary/aromatic N) is 3. The van der Waals surface area contributed by atoms with Crippen LogP contribution in [0.3, 0.4) is 0 Å². The smallest absolute Gasteiger partial charge is 0.275 e. The second-order valence-corrected chi connectivity index (χ2v) is 5.51. The molecule has 0 bridgehead atoms. The number of halogens is 1. The van der Waals surface area contributed by atoms with E-state index in [1.54, 1.807) is 25.1 Å². The summed E-state index contributed by atoms with van der Waals surface area (Å²) in [6.07, 6.45) is 1.31. The van der Waals surface area contributed by atoms with E-state index >= 15 is 0 Å². The first-order valence-electron chi connectivity index (χ1n) is 7.12. The van der Waals surface area contributed by atoms with Crippen LogP contribution in [0.25, 0.3) is 0 Å². The van der Waals surface area contributed by atoms with Gasteiger partial charge in [-0.25, -0.2) is 9.97 Å². The van der Waals surface area contributed by atoms with Crippen LogP contribution in [0.5, 0.6) is 0 Å². The van der Waals surface area contributed by atoms with Crippen molar-refractivity contribution in [3.05, 3.63) is 58.7 Å². The van der Waals surface area contributed by atoms with Gasteiger partial charge in [0.1, 0.15) is 23.6 Å². The Balaban J connectivity index is 1.78. The number of aryl methyl sites for hydroxylation is 1. The monoisotopic (exact) mass is 343 g/mol. The molecule has 2 N–H and O–H groups in total. The summed E-state index contributed by atoms with van der Waals surface area (Å²) in [5.74, 6) is 1.01. The molecular weight excluding hydrogens is 330 g/mol. The van der Waals surface area contributed by atoms with Crippen molar-refractivity contribution in [3.63, 3.8) is 0 Å². The summed E-state index contributed by atoms with van der Waals surface area (Å²) in [5.41, 5.74) is 1.90. The Kier molecular flexibility index (Phi) is 4.43. The van der Waals surface area contributed by atoms with E-state index in [1.807, 2.05) is 19.1 Å². The van der Waals surface area contributed by atoms with Gasteiger partial charge in [-0.2, -0.15) is 0 Å². The third kappa shape index (κ3) is 3.52. The molecule has 0 saturated carbocycles. The molecule has 3 aromatic rings. The molecule has 0 saturated heterocycles. The molecule has 122 valence electrons. The lowest BCUT2D eigenvalue weighted by Gasteiger charge is -2.10. The highest BCUT2D eigenvalue weighted by molar-refractivity contribution is 6.31. The second kappa shape index (κ2) is 6.67. The summed E-state index contributed by atoms with van der Waals surface area (Å²) in [5, 5.41) is 10.1. The van der Waals surface area contributed by atoms with Crippen molar-refractivity contribution in [1.82, 2.24) is 15.1 Å². The Bertz CT molecular complexity index is 894. The van der Waals surface area contributed by atoms with Gasteiger partial charge in [0, 0.05) is 22.8 Å². The molecule has 7 nitrogen and oxygen atoms in total. The molecule has 8 heteroatoms. The number of rotatable bonds is 4. The number of benzene rings is 1. The van der Waals surface area contributed by atoms with Gasteiger partial charge in [-0.3, -0.25) is 4.79 Å². The molecule has 3 rings (SSSR count). The first kappa shape index (κ1) is 15.9. The lowest BCUT2D eigenvalue weighted by Crippen LogP contribution is -2.14. The number of amides is 1. The maximum Gasteiger partial charge on any atom is 0.275 e. The molecule has 0 atom stereocenters. The largest absolute Gasteiger partial charge is 0.360 e. The highest BCUT2D eigenvalue weighted by atomic mass is 35.5. The predicted octanol–water partition coefficient (Wildman–Crippen LogP) is 3.73. The molecule has 0 aliphatic carbocycles. The number of nitrogens with one attached hydrogen (secondary N) is 2. The number of hydrogen-bond donors (Lipinski definition) is 2. The topological polar surface area (TPSA) is 92.9 Å². The van der Waals surface area contributed by atoms with Gasteiger partial charge in [0.05, 0.1) is 0 Å². The highest BCUT2D eigenvalue weighted by Crippen LogP contribution is 2.25. The summed E-state index contributed by atoms with van der Waals surface area (Å²) >= 11 is 6.10. The standard InChI is InChI=1S/C16H14ClN5O2/c1-9-6-15(22-24-9)21-16(23)13-7-14(19-8-18-13)20-12-5-3-4-11(17)10(12)2/h3-8H,1-2H3,(H,18,19,20)(H,21,22,23). The normalized spacial score (nSPS) is 10.5. The third-order valence-electron chi connectivity index (χ3n) is 3.30. The van der Waals surface area contributed by atoms with Gasteiger partial charge in [-0.15, -0.1) is 0 Å². The molecule has 0 radical (unpaired) electrons. The summed E-state index contributed by atoms with van der Waals surface area (Å²) in [6, 6.07) is 8.68. The zero-order valence-electron chi connectivity index (χ0n) is 13.0. The van der Waals surface area contributed by atoms with E-state index < -0.39 is 5.91 Å². The molecular formula is C16H14ClN5O2. The van der Waals surface area contributed by atoms with Gasteiger partial charge in [0.25, 0.3) is 5.91 Å². The number of hydrogen-bond acceptors (Lipinski definition) is 6. The highest BCUT2D eigenvalue weighted by Gasteiger charge is 2.12. The summed E-state index contributed by atoms with van der Waals surface area (Å²) < 4.78 is 4.91. The lowest BCUT2D eigenvalue weighted by molar-refractivity contribution is 0.102. The van der Waals surface area contributed by atoms with E-state index in [0.29, 0.717) is 22.4 Å². The molecule has 0 fully saturated rings. The molecule has 0 aliphatic heterocycles. The molecule has 0 spiro atoms. The average Bonchev–Trinajstić information content (AvgIpc) is 2.97. The fourth-order valence-electron chi connectivity index (χ4n) is 2.04. The first-order chi connectivity index (χ1) is 11.5. The average molecular weight is 344 g/mol. The van der Waals surface area contributed by atoms with E-state index in [2.05, 4.69) is 25.8 Å². The fraction of sp³-hybridized carbons (Fsp3) is 0.125. The van der Waals surface area contributed by atoms with Crippen LogP contribution in [0.15, 0.2) is 41.2 Å². The summed E-state index contributed by atoms with van der Waals surface area (Å²) in [7, 11) is 0. The van der Waals surface area contributed by atoms with Gasteiger partial charge >= 0.3 is 0 Å². The molecule has 1 amide bonds. The summed E-state index contributed by atoms with van der Waals surface area (Å²) in [6.45, 7) is 3.63. The molecule has 0 aliphatic rings. The number of aromatic nitrogens is 3. The lowest BCUT2D eigenvalue weighted by atomic mass is 10.2. The Morgan fingerprint density at radius 2 is 2.00 bits per heavy atom. The Morgan fingerprint density at radius 3 is 2.75 bits per heavy atom. The first-order valence-corrected chi connectivity index (χ1v) is 7.49. The van der Waals surface area contributed by atoms with Crippen LogP contribution in [0.2, 0.25) is 5.02 Å².